The maximum Gasteiger partial charge on any atom is 0.302 e. The first kappa shape index (κ1) is 8.48. The summed E-state index contributed by atoms with van der Waals surface area (Å²) in [7, 11) is -3.54. The Labute approximate surface area is 65.4 Å². The van der Waals surface area contributed by atoms with E-state index in [4.69, 9.17) is 0 Å². The molecule has 1 heterocycles. The Hall–Kier alpha value is -0.620. The average molecular weight is 178 g/mol. The second kappa shape index (κ2) is 2.46. The van der Waals surface area contributed by atoms with E-state index in [9.17, 15) is 13.2 Å². The molecule has 2 N–H and O–H groups in total. The quantitative estimate of drug-likeness (QED) is 0.539. The van der Waals surface area contributed by atoms with Gasteiger partial charge in [-0.05, 0) is 5.92 Å². The molecule has 5 nitrogen and oxygen atoms in total. The lowest BCUT2D eigenvalue weighted by atomic mass is 10.1. The summed E-state index contributed by atoms with van der Waals surface area (Å²) in [5, 5.41) is 0. The highest BCUT2D eigenvalue weighted by molar-refractivity contribution is 7.88. The first-order valence-electron chi connectivity index (χ1n) is 3.26. The van der Waals surface area contributed by atoms with Crippen molar-refractivity contribution in [3.8, 4) is 0 Å². The molecule has 0 bridgehead atoms. The molecule has 0 aliphatic carbocycles. The Kier molecular flexibility index (Phi) is 1.89. The van der Waals surface area contributed by atoms with E-state index in [1.54, 1.807) is 13.8 Å². The summed E-state index contributed by atoms with van der Waals surface area (Å²) in [6.45, 7) is 3.55. The average Bonchev–Trinajstić information content (AvgIpc) is 2.05. The standard InChI is InChI=1S/C5H10N2O3S/c1-3(2)4-5(8)7-11(9,10)6-4/h3-4,6H,1-2H3,(H,7,8)/t4-/m0/s1. The van der Waals surface area contributed by atoms with Crippen LogP contribution in [-0.4, -0.2) is 20.4 Å². The second-order valence-electron chi connectivity index (χ2n) is 2.81. The third-order valence-electron chi connectivity index (χ3n) is 1.47. The molecular formula is C5H10N2O3S. The van der Waals surface area contributed by atoms with E-state index < -0.39 is 22.2 Å². The van der Waals surface area contributed by atoms with Crippen LogP contribution in [0.5, 0.6) is 0 Å². The predicted molar refractivity (Wildman–Crippen MR) is 38.8 cm³/mol. The molecule has 1 atom stereocenters. The van der Waals surface area contributed by atoms with Crippen LogP contribution in [0.15, 0.2) is 0 Å². The van der Waals surface area contributed by atoms with Crippen molar-refractivity contribution in [3.05, 3.63) is 0 Å². The van der Waals surface area contributed by atoms with Gasteiger partial charge >= 0.3 is 10.2 Å². The molecule has 0 saturated carbocycles. The first-order valence-corrected chi connectivity index (χ1v) is 4.74. The van der Waals surface area contributed by atoms with Crippen LogP contribution in [0.2, 0.25) is 0 Å². The highest BCUT2D eigenvalue weighted by atomic mass is 32.2. The summed E-state index contributed by atoms with van der Waals surface area (Å²) in [5.41, 5.74) is 0. The van der Waals surface area contributed by atoms with Crippen LogP contribution in [0.4, 0.5) is 0 Å². The zero-order valence-corrected chi connectivity index (χ0v) is 7.10. The maximum atomic E-state index is 10.9. The molecular weight excluding hydrogens is 168 g/mol. The van der Waals surface area contributed by atoms with Crippen LogP contribution in [-0.2, 0) is 15.0 Å². The lowest BCUT2D eigenvalue weighted by Crippen LogP contribution is -2.34. The van der Waals surface area contributed by atoms with Gasteiger partial charge in [-0.25, -0.2) is 4.72 Å². The predicted octanol–water partition coefficient (Wildman–Crippen LogP) is -1.02. The van der Waals surface area contributed by atoms with Crippen LogP contribution in [0.1, 0.15) is 13.8 Å². The molecule has 64 valence electrons. The van der Waals surface area contributed by atoms with Crippen LogP contribution >= 0.6 is 0 Å². The Balaban J connectivity index is 2.83. The fourth-order valence-corrected chi connectivity index (χ4v) is 2.05. The van der Waals surface area contributed by atoms with E-state index >= 15 is 0 Å². The zero-order valence-electron chi connectivity index (χ0n) is 6.29. The van der Waals surface area contributed by atoms with Gasteiger partial charge in [-0.1, -0.05) is 13.8 Å². The van der Waals surface area contributed by atoms with Crippen LogP contribution < -0.4 is 9.44 Å². The van der Waals surface area contributed by atoms with Gasteiger partial charge in [-0.3, -0.25) is 4.79 Å². The molecule has 0 unspecified atom stereocenters. The number of rotatable bonds is 1. The monoisotopic (exact) mass is 178 g/mol. The fourth-order valence-electron chi connectivity index (χ4n) is 0.885. The molecule has 0 radical (unpaired) electrons. The van der Waals surface area contributed by atoms with E-state index in [0.29, 0.717) is 0 Å². The third kappa shape index (κ3) is 1.69. The minimum atomic E-state index is -3.54. The van der Waals surface area contributed by atoms with Crippen molar-refractivity contribution < 1.29 is 13.2 Å². The number of carbonyl (C=O) groups is 1. The number of carbonyl (C=O) groups excluding carboxylic acids is 1. The molecule has 0 aromatic rings. The summed E-state index contributed by atoms with van der Waals surface area (Å²) >= 11 is 0. The Bertz CT molecular complexity index is 269. The first-order chi connectivity index (χ1) is 4.92. The topological polar surface area (TPSA) is 75.3 Å². The fraction of sp³-hybridized carbons (Fsp3) is 0.800. The highest BCUT2D eigenvalue weighted by Gasteiger charge is 2.35. The molecule has 1 aliphatic heterocycles. The minimum absolute atomic E-state index is 0.0210. The van der Waals surface area contributed by atoms with E-state index in [1.165, 1.54) is 0 Å². The van der Waals surface area contributed by atoms with Gasteiger partial charge in [0.25, 0.3) is 5.91 Å². The summed E-state index contributed by atoms with van der Waals surface area (Å²) in [4.78, 5) is 10.9. The van der Waals surface area contributed by atoms with Crippen LogP contribution in [0.25, 0.3) is 0 Å². The maximum absolute atomic E-state index is 10.9. The van der Waals surface area contributed by atoms with E-state index in [0.717, 1.165) is 0 Å². The van der Waals surface area contributed by atoms with E-state index in [-0.39, 0.29) is 5.92 Å². The van der Waals surface area contributed by atoms with Gasteiger partial charge in [0.05, 0.1) is 0 Å². The molecule has 1 rings (SSSR count). The van der Waals surface area contributed by atoms with Gasteiger partial charge in [0.1, 0.15) is 6.04 Å². The normalized spacial score (nSPS) is 29.0. The summed E-state index contributed by atoms with van der Waals surface area (Å²) < 4.78 is 25.5. The molecule has 1 saturated heterocycles. The molecule has 0 aromatic carbocycles. The van der Waals surface area contributed by atoms with Crippen molar-refractivity contribution in [2.45, 2.75) is 19.9 Å². The smallest absolute Gasteiger partial charge is 0.272 e. The number of hydrogen-bond acceptors (Lipinski definition) is 3. The largest absolute Gasteiger partial charge is 0.302 e. The summed E-state index contributed by atoms with van der Waals surface area (Å²) in [6, 6.07) is -0.611. The molecule has 6 heteroatoms. The minimum Gasteiger partial charge on any atom is -0.272 e. The lowest BCUT2D eigenvalue weighted by molar-refractivity contribution is -0.120. The molecule has 0 spiro atoms. The number of amides is 1. The number of hydrogen-bond donors (Lipinski definition) is 2. The van der Waals surface area contributed by atoms with Gasteiger partial charge in [-0.15, -0.1) is 0 Å². The van der Waals surface area contributed by atoms with Gasteiger partial charge in [0, 0.05) is 0 Å². The van der Waals surface area contributed by atoms with Crippen molar-refractivity contribution >= 4 is 16.1 Å². The van der Waals surface area contributed by atoms with E-state index in [1.807, 2.05) is 4.72 Å². The molecule has 1 fully saturated rings. The van der Waals surface area contributed by atoms with Crippen LogP contribution in [0, 0.1) is 5.92 Å². The van der Waals surface area contributed by atoms with Crippen molar-refractivity contribution in [3.63, 3.8) is 0 Å². The van der Waals surface area contributed by atoms with E-state index in [2.05, 4.69) is 4.72 Å². The zero-order chi connectivity index (χ0) is 8.65. The molecule has 0 aromatic heterocycles. The van der Waals surface area contributed by atoms with Crippen molar-refractivity contribution in [1.29, 1.82) is 0 Å². The molecule has 11 heavy (non-hydrogen) atoms. The highest BCUT2D eigenvalue weighted by Crippen LogP contribution is 2.07. The number of nitrogens with one attached hydrogen (secondary N) is 2. The van der Waals surface area contributed by atoms with Crippen LogP contribution in [0.3, 0.4) is 0 Å². The Morgan fingerprint density at radius 3 is 2.18 bits per heavy atom. The molecule has 1 aliphatic rings. The lowest BCUT2D eigenvalue weighted by Gasteiger charge is -2.08. The van der Waals surface area contributed by atoms with Gasteiger partial charge in [-0.2, -0.15) is 13.1 Å². The Morgan fingerprint density at radius 2 is 2.00 bits per heavy atom. The second-order valence-corrected chi connectivity index (χ2v) is 4.26. The third-order valence-corrected chi connectivity index (χ3v) is 2.50. The Morgan fingerprint density at radius 1 is 1.45 bits per heavy atom. The van der Waals surface area contributed by atoms with Gasteiger partial charge in [0.15, 0.2) is 0 Å². The van der Waals surface area contributed by atoms with Crippen molar-refractivity contribution in [2.75, 3.05) is 0 Å². The molecule has 1 amide bonds. The van der Waals surface area contributed by atoms with Crippen molar-refractivity contribution in [2.24, 2.45) is 5.92 Å². The summed E-state index contributed by atoms with van der Waals surface area (Å²) in [5.74, 6) is -0.493. The van der Waals surface area contributed by atoms with Gasteiger partial charge < -0.3 is 0 Å². The summed E-state index contributed by atoms with van der Waals surface area (Å²) in [6.07, 6.45) is 0. The van der Waals surface area contributed by atoms with Crippen molar-refractivity contribution in [1.82, 2.24) is 9.44 Å². The van der Waals surface area contributed by atoms with Gasteiger partial charge in [0.2, 0.25) is 0 Å². The SMILES string of the molecule is CC(C)[C@@H]1NS(=O)(=O)NC1=O.